The van der Waals surface area contributed by atoms with Crippen molar-refractivity contribution in [2.24, 2.45) is 5.73 Å². The highest BCUT2D eigenvalue weighted by Gasteiger charge is 2.25. The van der Waals surface area contributed by atoms with Gasteiger partial charge < -0.3 is 10.5 Å². The molecule has 0 radical (unpaired) electrons. The van der Waals surface area contributed by atoms with Crippen molar-refractivity contribution in [1.82, 2.24) is 5.32 Å². The molecule has 6 heteroatoms. The molecule has 0 aliphatic heterocycles. The first kappa shape index (κ1) is 18.4. The van der Waals surface area contributed by atoms with Crippen molar-refractivity contribution in [1.29, 1.82) is 0 Å². The molecule has 3 aromatic carbocycles. The maximum Gasteiger partial charge on any atom is 0.414 e. The summed E-state index contributed by atoms with van der Waals surface area (Å²) in [6.07, 6.45) is -0.889. The molecular formula is C21H20N2O4. The monoisotopic (exact) mass is 364 g/mol. The van der Waals surface area contributed by atoms with E-state index in [2.05, 4.69) is 5.32 Å². The predicted octanol–water partition coefficient (Wildman–Crippen LogP) is 3.76. The van der Waals surface area contributed by atoms with Gasteiger partial charge in [-0.3, -0.25) is 14.9 Å². The highest BCUT2D eigenvalue weighted by Crippen LogP contribution is 2.32. The van der Waals surface area contributed by atoms with E-state index in [0.29, 0.717) is 10.8 Å². The van der Waals surface area contributed by atoms with Crippen LogP contribution in [-0.2, 0) is 4.74 Å². The van der Waals surface area contributed by atoms with Crippen LogP contribution in [0.5, 0.6) is 0 Å². The summed E-state index contributed by atoms with van der Waals surface area (Å²) in [6, 6.07) is 14.4. The van der Waals surface area contributed by atoms with Crippen LogP contribution in [0.2, 0.25) is 0 Å². The molecule has 3 rings (SSSR count). The number of carbonyl (C=O) groups is 3. The number of benzene rings is 3. The zero-order chi connectivity index (χ0) is 19.8. The lowest BCUT2D eigenvalue weighted by Gasteiger charge is -2.20. The van der Waals surface area contributed by atoms with Gasteiger partial charge in [0.15, 0.2) is 0 Å². The molecule has 138 valence electrons. The van der Waals surface area contributed by atoms with Gasteiger partial charge in [0.05, 0.1) is 11.1 Å². The summed E-state index contributed by atoms with van der Waals surface area (Å²) in [5, 5.41) is 4.87. The van der Waals surface area contributed by atoms with Crippen molar-refractivity contribution in [3.63, 3.8) is 0 Å². The fourth-order valence-electron chi connectivity index (χ4n) is 3.09. The minimum atomic E-state index is -0.889. The second kappa shape index (κ2) is 6.72. The van der Waals surface area contributed by atoms with E-state index in [-0.39, 0.29) is 11.1 Å². The summed E-state index contributed by atoms with van der Waals surface area (Å²) in [7, 11) is 0. The Morgan fingerprint density at radius 1 is 0.815 bits per heavy atom. The minimum absolute atomic E-state index is 0.0580. The number of ether oxygens (including phenoxy) is 1. The number of hydrogen-bond acceptors (Lipinski definition) is 4. The summed E-state index contributed by atoms with van der Waals surface area (Å²) < 4.78 is 5.14. The fourth-order valence-corrected chi connectivity index (χ4v) is 3.09. The number of amides is 3. The number of nitrogens with one attached hydrogen (secondary N) is 1. The highest BCUT2D eigenvalue weighted by atomic mass is 16.6. The minimum Gasteiger partial charge on any atom is -0.444 e. The van der Waals surface area contributed by atoms with Gasteiger partial charge in [-0.1, -0.05) is 48.5 Å². The average molecular weight is 364 g/mol. The molecule has 6 nitrogen and oxygen atoms in total. The molecular weight excluding hydrogens is 344 g/mol. The normalized spacial score (nSPS) is 11.4. The Morgan fingerprint density at radius 3 is 1.70 bits per heavy atom. The predicted molar refractivity (Wildman–Crippen MR) is 104 cm³/mol. The summed E-state index contributed by atoms with van der Waals surface area (Å²) in [5.41, 5.74) is 4.98. The lowest BCUT2D eigenvalue weighted by molar-refractivity contribution is 0.0507. The summed E-state index contributed by atoms with van der Waals surface area (Å²) in [4.78, 5) is 37.2. The van der Waals surface area contributed by atoms with E-state index in [9.17, 15) is 14.4 Å². The molecule has 27 heavy (non-hydrogen) atoms. The van der Waals surface area contributed by atoms with E-state index < -0.39 is 23.5 Å². The maximum atomic E-state index is 12.9. The Labute approximate surface area is 156 Å². The van der Waals surface area contributed by atoms with Gasteiger partial charge in [0.1, 0.15) is 5.60 Å². The lowest BCUT2D eigenvalue weighted by Crippen LogP contribution is -2.37. The number of imide groups is 1. The van der Waals surface area contributed by atoms with Gasteiger partial charge in [-0.05, 0) is 42.3 Å². The number of rotatable bonds is 2. The molecule has 0 spiro atoms. The van der Waals surface area contributed by atoms with Gasteiger partial charge in [0.2, 0.25) is 5.91 Å². The zero-order valence-corrected chi connectivity index (χ0v) is 15.3. The average Bonchev–Trinajstić information content (AvgIpc) is 2.58. The molecule has 3 aromatic rings. The second-order valence-electron chi connectivity index (χ2n) is 7.16. The van der Waals surface area contributed by atoms with Gasteiger partial charge in [-0.2, -0.15) is 0 Å². The van der Waals surface area contributed by atoms with E-state index in [0.717, 1.165) is 10.8 Å². The van der Waals surface area contributed by atoms with Gasteiger partial charge in [-0.15, -0.1) is 0 Å². The van der Waals surface area contributed by atoms with Crippen LogP contribution < -0.4 is 11.1 Å². The summed E-state index contributed by atoms with van der Waals surface area (Å²) in [6.45, 7) is 5.08. The van der Waals surface area contributed by atoms with Crippen molar-refractivity contribution in [2.45, 2.75) is 26.4 Å². The van der Waals surface area contributed by atoms with Crippen molar-refractivity contribution in [3.05, 3.63) is 59.7 Å². The standard InChI is InChI=1S/C21H20N2O4/c1-21(2,3)27-20(26)23-19(25)17-15-11-7-5-9-13(15)12-8-4-6-10-14(12)16(17)18(22)24/h4-11H,1-3H3,(H2,22,24)(H,23,25,26). The Morgan fingerprint density at radius 2 is 1.26 bits per heavy atom. The fraction of sp³-hybridized carbons (Fsp3) is 0.190. The SMILES string of the molecule is CC(C)(C)OC(=O)NC(=O)c1c(C(N)=O)c2ccccc2c2ccccc12. The largest absolute Gasteiger partial charge is 0.444 e. The Bertz CT molecular complexity index is 1080. The smallest absolute Gasteiger partial charge is 0.414 e. The number of alkyl carbamates (subject to hydrolysis) is 1. The molecule has 0 aromatic heterocycles. The third kappa shape index (κ3) is 3.60. The number of fused-ring (bicyclic) bond motifs is 3. The summed E-state index contributed by atoms with van der Waals surface area (Å²) >= 11 is 0. The zero-order valence-electron chi connectivity index (χ0n) is 15.3. The van der Waals surface area contributed by atoms with Crippen LogP contribution >= 0.6 is 0 Å². The molecule has 0 fully saturated rings. The van der Waals surface area contributed by atoms with E-state index in [4.69, 9.17) is 10.5 Å². The molecule has 0 aliphatic rings. The first-order chi connectivity index (χ1) is 12.7. The topological polar surface area (TPSA) is 98.5 Å². The first-order valence-electron chi connectivity index (χ1n) is 8.46. The van der Waals surface area contributed by atoms with Crippen molar-refractivity contribution in [2.75, 3.05) is 0 Å². The van der Waals surface area contributed by atoms with Crippen molar-refractivity contribution in [3.8, 4) is 0 Å². The number of nitrogens with two attached hydrogens (primary N) is 1. The first-order valence-corrected chi connectivity index (χ1v) is 8.46. The van der Waals surface area contributed by atoms with Crippen LogP contribution in [0.4, 0.5) is 4.79 Å². The van der Waals surface area contributed by atoms with Crippen molar-refractivity contribution >= 4 is 39.5 Å². The van der Waals surface area contributed by atoms with Crippen LogP contribution in [0, 0.1) is 0 Å². The van der Waals surface area contributed by atoms with Crippen LogP contribution in [0.25, 0.3) is 21.5 Å². The number of carbonyl (C=O) groups excluding carboxylic acids is 3. The number of hydrogen-bond donors (Lipinski definition) is 2. The third-order valence-corrected chi connectivity index (χ3v) is 4.02. The number of primary amides is 1. The maximum absolute atomic E-state index is 12.9. The second-order valence-corrected chi connectivity index (χ2v) is 7.16. The van der Waals surface area contributed by atoms with Crippen LogP contribution in [0.15, 0.2) is 48.5 Å². The van der Waals surface area contributed by atoms with Gasteiger partial charge in [-0.25, -0.2) is 4.79 Å². The van der Waals surface area contributed by atoms with E-state index in [1.807, 2.05) is 24.3 Å². The Hall–Kier alpha value is -3.41. The molecule has 0 atom stereocenters. The van der Waals surface area contributed by atoms with E-state index in [1.54, 1.807) is 45.0 Å². The van der Waals surface area contributed by atoms with Crippen LogP contribution in [0.3, 0.4) is 0 Å². The highest BCUT2D eigenvalue weighted by molar-refractivity contribution is 6.27. The molecule has 0 unspecified atom stereocenters. The van der Waals surface area contributed by atoms with Gasteiger partial charge >= 0.3 is 6.09 Å². The molecule has 0 saturated carbocycles. The van der Waals surface area contributed by atoms with Crippen molar-refractivity contribution < 1.29 is 19.1 Å². The molecule has 3 amide bonds. The molecule has 0 bridgehead atoms. The van der Waals surface area contributed by atoms with Gasteiger partial charge in [0, 0.05) is 0 Å². The quantitative estimate of drug-likeness (QED) is 0.677. The molecule has 0 aliphatic carbocycles. The molecule has 0 saturated heterocycles. The van der Waals surface area contributed by atoms with E-state index in [1.165, 1.54) is 0 Å². The lowest BCUT2D eigenvalue weighted by atomic mass is 9.91. The third-order valence-electron chi connectivity index (χ3n) is 4.02. The Kier molecular flexibility index (Phi) is 4.57. The van der Waals surface area contributed by atoms with Crippen LogP contribution in [0.1, 0.15) is 41.5 Å². The van der Waals surface area contributed by atoms with E-state index >= 15 is 0 Å². The summed E-state index contributed by atoms with van der Waals surface area (Å²) in [5.74, 6) is -1.48. The van der Waals surface area contributed by atoms with Gasteiger partial charge in [0.25, 0.3) is 5.91 Å². The molecule has 3 N–H and O–H groups in total. The van der Waals surface area contributed by atoms with Crippen LogP contribution in [-0.4, -0.2) is 23.5 Å². The molecule has 0 heterocycles. The Balaban J connectivity index is 2.24.